The summed E-state index contributed by atoms with van der Waals surface area (Å²) in [4.78, 5) is 3.62. The molecule has 0 spiro atoms. The third-order valence-corrected chi connectivity index (χ3v) is 2.77. The van der Waals surface area contributed by atoms with Crippen molar-refractivity contribution in [3.8, 4) is 0 Å². The van der Waals surface area contributed by atoms with Crippen molar-refractivity contribution in [2.24, 2.45) is 0 Å². The summed E-state index contributed by atoms with van der Waals surface area (Å²) in [6, 6.07) is 11.4. The Bertz CT molecular complexity index is 494. The highest BCUT2D eigenvalue weighted by Gasteiger charge is 2.07. The number of rotatable bonds is 3. The zero-order valence-corrected chi connectivity index (χ0v) is 9.94. The first-order valence-corrected chi connectivity index (χ1v) is 5.60. The van der Waals surface area contributed by atoms with Crippen molar-refractivity contribution >= 4 is 5.69 Å². The highest BCUT2D eigenvalue weighted by molar-refractivity contribution is 5.44. The Balaban J connectivity index is 2.14. The lowest BCUT2D eigenvalue weighted by Crippen LogP contribution is -2.08. The van der Waals surface area contributed by atoms with E-state index in [2.05, 4.69) is 36.3 Å². The normalized spacial score (nSPS) is 12.2. The molecule has 0 saturated heterocycles. The van der Waals surface area contributed by atoms with Crippen LogP contribution in [0.1, 0.15) is 24.1 Å². The SMILES string of the molecule is Cc1ccccc1C(C)Nc1ccc(F)nc1. The summed E-state index contributed by atoms with van der Waals surface area (Å²) in [5.41, 5.74) is 3.29. The molecule has 1 unspecified atom stereocenters. The number of aromatic nitrogens is 1. The van der Waals surface area contributed by atoms with Crippen LogP contribution >= 0.6 is 0 Å². The number of halogens is 1. The van der Waals surface area contributed by atoms with Crippen molar-refractivity contribution in [3.63, 3.8) is 0 Å². The lowest BCUT2D eigenvalue weighted by molar-refractivity contribution is 0.584. The van der Waals surface area contributed by atoms with Gasteiger partial charge >= 0.3 is 0 Å². The third-order valence-electron chi connectivity index (χ3n) is 2.77. The Kier molecular flexibility index (Phi) is 3.38. The molecular weight excluding hydrogens is 215 g/mol. The van der Waals surface area contributed by atoms with Crippen LogP contribution in [-0.2, 0) is 0 Å². The summed E-state index contributed by atoms with van der Waals surface area (Å²) in [5.74, 6) is -0.459. The van der Waals surface area contributed by atoms with E-state index in [1.165, 1.54) is 23.4 Å². The highest BCUT2D eigenvalue weighted by atomic mass is 19.1. The first-order valence-electron chi connectivity index (χ1n) is 5.60. The van der Waals surface area contributed by atoms with Crippen LogP contribution in [0.15, 0.2) is 42.6 Å². The fourth-order valence-corrected chi connectivity index (χ4v) is 1.86. The van der Waals surface area contributed by atoms with Gasteiger partial charge in [0.25, 0.3) is 0 Å². The second-order valence-electron chi connectivity index (χ2n) is 4.09. The number of nitrogens with zero attached hydrogens (tertiary/aromatic N) is 1. The molecule has 0 amide bonds. The summed E-state index contributed by atoms with van der Waals surface area (Å²) in [6.45, 7) is 4.15. The van der Waals surface area contributed by atoms with Gasteiger partial charge in [-0.2, -0.15) is 4.39 Å². The van der Waals surface area contributed by atoms with Gasteiger partial charge in [0.1, 0.15) is 0 Å². The lowest BCUT2D eigenvalue weighted by atomic mass is 10.0. The van der Waals surface area contributed by atoms with Gasteiger partial charge in [0.05, 0.1) is 11.9 Å². The summed E-state index contributed by atoms with van der Waals surface area (Å²) in [7, 11) is 0. The van der Waals surface area contributed by atoms with E-state index >= 15 is 0 Å². The van der Waals surface area contributed by atoms with Gasteiger partial charge in [0, 0.05) is 6.04 Å². The lowest BCUT2D eigenvalue weighted by Gasteiger charge is -2.17. The maximum absolute atomic E-state index is 12.7. The summed E-state index contributed by atoms with van der Waals surface area (Å²) in [5, 5.41) is 3.30. The average molecular weight is 230 g/mol. The predicted molar refractivity (Wildman–Crippen MR) is 67.4 cm³/mol. The molecule has 0 aliphatic carbocycles. The first-order chi connectivity index (χ1) is 8.16. The Labute approximate surface area is 101 Å². The van der Waals surface area contributed by atoms with Crippen molar-refractivity contribution in [2.75, 3.05) is 5.32 Å². The van der Waals surface area contributed by atoms with Crippen molar-refractivity contribution in [2.45, 2.75) is 19.9 Å². The number of aryl methyl sites for hydroxylation is 1. The fourth-order valence-electron chi connectivity index (χ4n) is 1.86. The smallest absolute Gasteiger partial charge is 0.212 e. The van der Waals surface area contributed by atoms with E-state index in [0.29, 0.717) is 0 Å². The second kappa shape index (κ2) is 4.95. The molecule has 1 N–H and O–H groups in total. The molecule has 1 atom stereocenters. The van der Waals surface area contributed by atoms with Gasteiger partial charge in [0.15, 0.2) is 0 Å². The monoisotopic (exact) mass is 230 g/mol. The zero-order valence-electron chi connectivity index (χ0n) is 9.94. The molecule has 0 aliphatic heterocycles. The van der Waals surface area contributed by atoms with Crippen molar-refractivity contribution in [1.29, 1.82) is 0 Å². The minimum absolute atomic E-state index is 0.170. The molecule has 2 rings (SSSR count). The molecular formula is C14H15FN2. The summed E-state index contributed by atoms with van der Waals surface area (Å²) < 4.78 is 12.7. The van der Waals surface area contributed by atoms with E-state index < -0.39 is 5.95 Å². The fraction of sp³-hybridized carbons (Fsp3) is 0.214. The van der Waals surface area contributed by atoms with Crippen molar-refractivity contribution < 1.29 is 4.39 Å². The molecule has 2 aromatic rings. The number of nitrogens with one attached hydrogen (secondary N) is 1. The maximum atomic E-state index is 12.7. The Hall–Kier alpha value is -1.90. The molecule has 88 valence electrons. The largest absolute Gasteiger partial charge is 0.377 e. The second-order valence-corrected chi connectivity index (χ2v) is 4.09. The van der Waals surface area contributed by atoms with E-state index in [4.69, 9.17) is 0 Å². The molecule has 1 aromatic heterocycles. The number of anilines is 1. The van der Waals surface area contributed by atoms with Gasteiger partial charge in [-0.1, -0.05) is 24.3 Å². The van der Waals surface area contributed by atoms with Gasteiger partial charge in [-0.25, -0.2) is 4.98 Å². The minimum Gasteiger partial charge on any atom is -0.377 e. The van der Waals surface area contributed by atoms with E-state index in [1.807, 2.05) is 12.1 Å². The van der Waals surface area contributed by atoms with Gasteiger partial charge in [-0.05, 0) is 37.1 Å². The molecule has 17 heavy (non-hydrogen) atoms. The van der Waals surface area contributed by atoms with Crippen LogP contribution in [0.5, 0.6) is 0 Å². The third kappa shape index (κ3) is 2.81. The molecule has 0 radical (unpaired) electrons. The number of hydrogen-bond acceptors (Lipinski definition) is 2. The van der Waals surface area contributed by atoms with Crippen LogP contribution in [-0.4, -0.2) is 4.98 Å². The Morgan fingerprint density at radius 1 is 1.18 bits per heavy atom. The van der Waals surface area contributed by atoms with Crippen LogP contribution < -0.4 is 5.32 Å². The highest BCUT2D eigenvalue weighted by Crippen LogP contribution is 2.21. The van der Waals surface area contributed by atoms with Crippen molar-refractivity contribution in [1.82, 2.24) is 4.98 Å². The quantitative estimate of drug-likeness (QED) is 0.813. The summed E-state index contributed by atoms with van der Waals surface area (Å²) >= 11 is 0. The molecule has 3 heteroatoms. The molecule has 1 aromatic carbocycles. The molecule has 0 aliphatic rings. The number of hydrogen-bond donors (Lipinski definition) is 1. The Morgan fingerprint density at radius 2 is 1.94 bits per heavy atom. The molecule has 0 saturated carbocycles. The molecule has 1 heterocycles. The number of pyridine rings is 1. The zero-order chi connectivity index (χ0) is 12.3. The first kappa shape index (κ1) is 11.6. The van der Waals surface area contributed by atoms with Crippen LogP contribution in [0.4, 0.5) is 10.1 Å². The average Bonchev–Trinajstić information content (AvgIpc) is 2.32. The van der Waals surface area contributed by atoms with Gasteiger partial charge in [-0.3, -0.25) is 0 Å². The molecule has 0 fully saturated rings. The minimum atomic E-state index is -0.459. The molecule has 2 nitrogen and oxygen atoms in total. The van der Waals surface area contributed by atoms with Crippen LogP contribution in [0.3, 0.4) is 0 Å². The maximum Gasteiger partial charge on any atom is 0.212 e. The van der Waals surface area contributed by atoms with E-state index in [9.17, 15) is 4.39 Å². The van der Waals surface area contributed by atoms with E-state index in [1.54, 1.807) is 6.07 Å². The van der Waals surface area contributed by atoms with Crippen LogP contribution in [0.2, 0.25) is 0 Å². The van der Waals surface area contributed by atoms with Crippen LogP contribution in [0.25, 0.3) is 0 Å². The van der Waals surface area contributed by atoms with Gasteiger partial charge in [0.2, 0.25) is 5.95 Å². The Morgan fingerprint density at radius 3 is 2.59 bits per heavy atom. The van der Waals surface area contributed by atoms with Gasteiger partial charge in [-0.15, -0.1) is 0 Å². The van der Waals surface area contributed by atoms with Crippen LogP contribution in [0, 0.1) is 12.9 Å². The summed E-state index contributed by atoms with van der Waals surface area (Å²) in [6.07, 6.45) is 1.50. The van der Waals surface area contributed by atoms with Gasteiger partial charge < -0.3 is 5.32 Å². The molecule has 0 bridgehead atoms. The van der Waals surface area contributed by atoms with Crippen molar-refractivity contribution in [3.05, 3.63) is 59.7 Å². The number of benzene rings is 1. The van der Waals surface area contributed by atoms with E-state index in [-0.39, 0.29) is 6.04 Å². The topological polar surface area (TPSA) is 24.9 Å². The predicted octanol–water partition coefficient (Wildman–Crippen LogP) is 3.70. The standard InChI is InChI=1S/C14H15FN2/c1-10-5-3-4-6-13(10)11(2)17-12-7-8-14(15)16-9-12/h3-9,11,17H,1-2H3. The van der Waals surface area contributed by atoms with E-state index in [0.717, 1.165) is 5.69 Å².